The molecule has 1 aromatic carbocycles. The van der Waals surface area contributed by atoms with E-state index in [-0.39, 0.29) is 5.91 Å². The van der Waals surface area contributed by atoms with Crippen molar-refractivity contribution in [3.05, 3.63) is 66.0 Å². The maximum Gasteiger partial charge on any atom is 0.254 e. The zero-order valence-corrected chi connectivity index (χ0v) is 16.3. The Balaban J connectivity index is 1.39. The molecule has 0 saturated carbocycles. The van der Waals surface area contributed by atoms with Crippen molar-refractivity contribution in [3.8, 4) is 5.75 Å². The van der Waals surface area contributed by atoms with Gasteiger partial charge in [0.05, 0.1) is 7.11 Å². The van der Waals surface area contributed by atoms with Crippen LogP contribution in [0, 0.1) is 5.92 Å². The molecule has 1 amide bonds. The lowest BCUT2D eigenvalue weighted by Gasteiger charge is -2.35. The van der Waals surface area contributed by atoms with Crippen LogP contribution in [-0.2, 0) is 0 Å². The molecule has 0 N–H and O–H groups in total. The molecule has 2 atom stereocenters. The van der Waals surface area contributed by atoms with Gasteiger partial charge in [-0.2, -0.15) is 0 Å². The molecule has 3 fully saturated rings. The number of aromatic nitrogens is 1. The summed E-state index contributed by atoms with van der Waals surface area (Å²) in [6, 6.07) is 12.2. The Labute approximate surface area is 166 Å². The fourth-order valence-corrected chi connectivity index (χ4v) is 4.28. The van der Waals surface area contributed by atoms with Gasteiger partial charge in [-0.15, -0.1) is 0 Å². The summed E-state index contributed by atoms with van der Waals surface area (Å²) in [5.41, 5.74) is 1.91. The summed E-state index contributed by atoms with van der Waals surface area (Å²) in [5.74, 6) is 1.56. The van der Waals surface area contributed by atoms with E-state index >= 15 is 0 Å². The minimum absolute atomic E-state index is 0.134. The molecule has 3 saturated heterocycles. The number of carbonyl (C=O) groups excluding carboxylic acids is 1. The fraction of sp³-hybridized carbons (Fsp3) is 0.391. The van der Waals surface area contributed by atoms with Crippen molar-refractivity contribution in [2.45, 2.75) is 18.9 Å². The van der Waals surface area contributed by atoms with E-state index in [0.29, 0.717) is 12.0 Å². The zero-order chi connectivity index (χ0) is 19.3. The van der Waals surface area contributed by atoms with Crippen LogP contribution in [0.4, 0.5) is 0 Å². The summed E-state index contributed by atoms with van der Waals surface area (Å²) in [5, 5.41) is 0. The van der Waals surface area contributed by atoms with Gasteiger partial charge in [0.2, 0.25) is 0 Å². The van der Waals surface area contributed by atoms with Gasteiger partial charge in [-0.25, -0.2) is 0 Å². The van der Waals surface area contributed by atoms with Gasteiger partial charge in [-0.05, 0) is 48.6 Å². The van der Waals surface area contributed by atoms with Gasteiger partial charge in [-0.1, -0.05) is 24.3 Å². The number of nitrogens with zero attached hydrogens (tertiary/aromatic N) is 3. The third kappa shape index (κ3) is 4.25. The number of hydrogen-bond acceptors (Lipinski definition) is 4. The molecular weight excluding hydrogens is 350 g/mol. The van der Waals surface area contributed by atoms with E-state index < -0.39 is 0 Å². The summed E-state index contributed by atoms with van der Waals surface area (Å²) in [7, 11) is 1.68. The van der Waals surface area contributed by atoms with Gasteiger partial charge < -0.3 is 9.64 Å². The van der Waals surface area contributed by atoms with Crippen LogP contribution >= 0.6 is 0 Å². The molecule has 28 heavy (non-hydrogen) atoms. The lowest BCUT2D eigenvalue weighted by molar-refractivity contribution is 0.0740. The standard InChI is InChI=1S/C23H27N3O2/c1-28-22-8-5-18(6-9-22)3-2-14-25-15-19-4-7-21(25)17-26(16-19)23(27)20-10-12-24-13-11-20/h2-3,5-6,8-13,19,21H,4,7,14-17H2,1H3/b3-2+/t19-,21-/m1/s1. The van der Waals surface area contributed by atoms with Crippen LogP contribution in [0.25, 0.3) is 6.08 Å². The molecule has 5 heteroatoms. The number of methoxy groups -OCH3 is 1. The van der Waals surface area contributed by atoms with Crippen molar-refractivity contribution in [2.24, 2.45) is 5.92 Å². The number of ether oxygens (including phenoxy) is 1. The number of pyridine rings is 1. The number of piperidine rings is 1. The van der Waals surface area contributed by atoms with Crippen molar-refractivity contribution in [1.29, 1.82) is 0 Å². The Morgan fingerprint density at radius 2 is 1.89 bits per heavy atom. The first-order valence-electron chi connectivity index (χ1n) is 9.97. The molecule has 3 aliphatic heterocycles. The van der Waals surface area contributed by atoms with Crippen LogP contribution in [0.5, 0.6) is 5.75 Å². The summed E-state index contributed by atoms with van der Waals surface area (Å²) < 4.78 is 5.21. The van der Waals surface area contributed by atoms with E-state index in [9.17, 15) is 4.79 Å². The van der Waals surface area contributed by atoms with Crippen molar-refractivity contribution in [3.63, 3.8) is 0 Å². The zero-order valence-electron chi connectivity index (χ0n) is 16.3. The molecule has 0 unspecified atom stereocenters. The molecule has 4 heterocycles. The summed E-state index contributed by atoms with van der Waals surface area (Å²) >= 11 is 0. The molecule has 2 aromatic rings. The average molecular weight is 377 g/mol. The molecule has 146 valence electrons. The van der Waals surface area contributed by atoms with E-state index in [4.69, 9.17) is 4.74 Å². The molecular formula is C23H27N3O2. The lowest BCUT2D eigenvalue weighted by atomic mass is 9.95. The second-order valence-corrected chi connectivity index (χ2v) is 7.67. The van der Waals surface area contributed by atoms with Gasteiger partial charge in [0.15, 0.2) is 0 Å². The quantitative estimate of drug-likeness (QED) is 0.802. The summed E-state index contributed by atoms with van der Waals surface area (Å²) in [4.78, 5) is 21.5. The molecule has 3 aliphatic rings. The predicted molar refractivity (Wildman–Crippen MR) is 110 cm³/mol. The topological polar surface area (TPSA) is 45.7 Å². The highest BCUT2D eigenvalue weighted by Gasteiger charge is 2.36. The van der Waals surface area contributed by atoms with Crippen LogP contribution in [0.2, 0.25) is 0 Å². The first-order valence-corrected chi connectivity index (χ1v) is 9.97. The van der Waals surface area contributed by atoms with Gasteiger partial charge in [0, 0.05) is 50.2 Å². The molecule has 2 bridgehead atoms. The Bertz CT molecular complexity index is 820. The minimum Gasteiger partial charge on any atom is -0.497 e. The second-order valence-electron chi connectivity index (χ2n) is 7.67. The van der Waals surface area contributed by atoms with Gasteiger partial charge in [0.25, 0.3) is 5.91 Å². The van der Waals surface area contributed by atoms with Gasteiger partial charge in [-0.3, -0.25) is 14.7 Å². The number of carbonyl (C=O) groups is 1. The monoisotopic (exact) mass is 377 g/mol. The number of benzene rings is 1. The molecule has 0 radical (unpaired) electrons. The molecule has 1 aromatic heterocycles. The van der Waals surface area contributed by atoms with E-state index in [1.165, 1.54) is 18.4 Å². The normalized spacial score (nSPS) is 22.4. The lowest BCUT2D eigenvalue weighted by Crippen LogP contribution is -2.44. The third-order valence-electron chi connectivity index (χ3n) is 5.81. The summed E-state index contributed by atoms with van der Waals surface area (Å²) in [6.45, 7) is 3.66. The third-order valence-corrected chi connectivity index (χ3v) is 5.81. The van der Waals surface area contributed by atoms with E-state index in [1.807, 2.05) is 29.2 Å². The first-order chi connectivity index (χ1) is 13.7. The number of amides is 1. The SMILES string of the molecule is COc1ccc(/C=C/CN2C[C@H]3CC[C@@H]2CN(C(=O)c2ccncc2)C3)cc1. The number of fused-ring (bicyclic) bond motifs is 4. The van der Waals surface area contributed by atoms with Crippen LogP contribution in [0.3, 0.4) is 0 Å². The van der Waals surface area contributed by atoms with Crippen molar-refractivity contribution < 1.29 is 9.53 Å². The highest BCUT2D eigenvalue weighted by molar-refractivity contribution is 5.94. The Morgan fingerprint density at radius 3 is 2.64 bits per heavy atom. The van der Waals surface area contributed by atoms with Crippen LogP contribution in [-0.4, -0.2) is 60.0 Å². The number of rotatable bonds is 5. The summed E-state index contributed by atoms with van der Waals surface area (Å²) in [6.07, 6.45) is 10.2. The van der Waals surface area contributed by atoms with Crippen LogP contribution in [0.1, 0.15) is 28.8 Å². The van der Waals surface area contributed by atoms with Gasteiger partial charge in [0.1, 0.15) is 5.75 Å². The maximum absolute atomic E-state index is 12.9. The van der Waals surface area contributed by atoms with E-state index in [1.54, 1.807) is 19.5 Å². The van der Waals surface area contributed by atoms with Crippen LogP contribution in [0.15, 0.2) is 54.9 Å². The highest BCUT2D eigenvalue weighted by atomic mass is 16.5. The van der Waals surface area contributed by atoms with Crippen molar-refractivity contribution >= 4 is 12.0 Å². The predicted octanol–water partition coefficient (Wildman–Crippen LogP) is 3.34. The average Bonchev–Trinajstić information content (AvgIpc) is 3.06. The van der Waals surface area contributed by atoms with E-state index in [0.717, 1.165) is 37.5 Å². The Kier molecular flexibility index (Phi) is 5.72. The molecule has 5 rings (SSSR count). The first kappa shape index (κ1) is 18.7. The number of hydrogen-bond donors (Lipinski definition) is 0. The minimum atomic E-state index is 0.134. The van der Waals surface area contributed by atoms with E-state index in [2.05, 4.69) is 34.2 Å². The fourth-order valence-electron chi connectivity index (χ4n) is 4.28. The highest BCUT2D eigenvalue weighted by Crippen LogP contribution is 2.28. The maximum atomic E-state index is 12.9. The van der Waals surface area contributed by atoms with Crippen molar-refractivity contribution in [2.75, 3.05) is 33.3 Å². The second kappa shape index (κ2) is 8.57. The van der Waals surface area contributed by atoms with Crippen molar-refractivity contribution in [1.82, 2.24) is 14.8 Å². The van der Waals surface area contributed by atoms with Crippen LogP contribution < -0.4 is 4.74 Å². The molecule has 5 nitrogen and oxygen atoms in total. The molecule has 0 spiro atoms. The van der Waals surface area contributed by atoms with Gasteiger partial charge >= 0.3 is 0 Å². The largest absolute Gasteiger partial charge is 0.497 e. The molecule has 0 aliphatic carbocycles. The smallest absolute Gasteiger partial charge is 0.254 e. The Morgan fingerprint density at radius 1 is 1.11 bits per heavy atom. The Hall–Kier alpha value is -2.66.